The summed E-state index contributed by atoms with van der Waals surface area (Å²) in [5, 5.41) is 9.72. The molecule has 0 saturated heterocycles. The van der Waals surface area contributed by atoms with Crippen LogP contribution in [0.2, 0.25) is 0 Å². The van der Waals surface area contributed by atoms with E-state index in [9.17, 15) is 14.3 Å². The van der Waals surface area contributed by atoms with E-state index in [4.69, 9.17) is 5.73 Å². The number of alkyl halides is 1. The highest BCUT2D eigenvalue weighted by molar-refractivity contribution is 5.75. The molecule has 6 rings (SSSR count). The van der Waals surface area contributed by atoms with Crippen molar-refractivity contribution in [1.82, 2.24) is 0 Å². The Morgan fingerprint density at radius 2 is 1.68 bits per heavy atom. The lowest BCUT2D eigenvalue weighted by Crippen LogP contribution is -2.67. The SMILES string of the molecule is C=C(C)[C@@H]1CC[C@]2(N)CC[C@]3(C)[C@H](CC[C@@H]4[C@@]5(C)CC=C(C6=CC[C@@](CF)(C(=O)O)CC6)C(C)(C)[C@@H]5CC[C@]43C)[C@@H]12. The molecule has 0 spiro atoms. The zero-order valence-electron chi connectivity index (χ0n) is 26.8. The second-order valence-corrected chi connectivity index (χ2v) is 17.1. The third kappa shape index (κ3) is 3.80. The summed E-state index contributed by atoms with van der Waals surface area (Å²) in [4.78, 5) is 11.9. The summed E-state index contributed by atoms with van der Waals surface area (Å²) in [6, 6.07) is 0. The minimum Gasteiger partial charge on any atom is -0.481 e. The molecule has 0 aromatic heterocycles. The van der Waals surface area contributed by atoms with Crippen LogP contribution in [0.5, 0.6) is 0 Å². The molecule has 4 fully saturated rings. The third-order valence-electron chi connectivity index (χ3n) is 15.4. The minimum absolute atomic E-state index is 0.00331. The highest BCUT2D eigenvalue weighted by atomic mass is 19.1. The van der Waals surface area contributed by atoms with Crippen LogP contribution in [0.3, 0.4) is 0 Å². The number of hydrogen-bond donors (Lipinski definition) is 2. The fourth-order valence-corrected chi connectivity index (χ4v) is 12.9. The third-order valence-corrected chi connectivity index (χ3v) is 15.4. The van der Waals surface area contributed by atoms with Gasteiger partial charge in [0.15, 0.2) is 0 Å². The molecule has 41 heavy (non-hydrogen) atoms. The lowest BCUT2D eigenvalue weighted by atomic mass is 9.33. The molecule has 0 bridgehead atoms. The van der Waals surface area contributed by atoms with Crippen LogP contribution in [0.25, 0.3) is 0 Å². The molecule has 3 nitrogen and oxygen atoms in total. The average molecular weight is 566 g/mol. The van der Waals surface area contributed by atoms with Crippen LogP contribution in [0.4, 0.5) is 4.39 Å². The lowest BCUT2D eigenvalue weighted by molar-refractivity contribution is -0.219. The van der Waals surface area contributed by atoms with E-state index in [0.29, 0.717) is 59.7 Å². The van der Waals surface area contributed by atoms with Crippen LogP contribution < -0.4 is 5.73 Å². The minimum atomic E-state index is -1.23. The molecule has 0 amide bonds. The van der Waals surface area contributed by atoms with Crippen molar-refractivity contribution in [1.29, 1.82) is 0 Å². The number of halogens is 1. The number of rotatable bonds is 4. The van der Waals surface area contributed by atoms with Gasteiger partial charge in [0, 0.05) is 5.54 Å². The van der Waals surface area contributed by atoms with E-state index in [1.807, 2.05) is 0 Å². The topological polar surface area (TPSA) is 63.3 Å². The van der Waals surface area contributed by atoms with E-state index in [-0.39, 0.29) is 16.4 Å². The first kappa shape index (κ1) is 29.6. The van der Waals surface area contributed by atoms with Crippen molar-refractivity contribution < 1.29 is 14.3 Å². The zero-order valence-corrected chi connectivity index (χ0v) is 26.8. The van der Waals surface area contributed by atoms with E-state index < -0.39 is 18.1 Å². The zero-order chi connectivity index (χ0) is 29.8. The van der Waals surface area contributed by atoms with Gasteiger partial charge in [-0.1, -0.05) is 58.9 Å². The molecule has 4 saturated carbocycles. The first-order valence-corrected chi connectivity index (χ1v) is 16.7. The average Bonchev–Trinajstić information content (AvgIpc) is 3.27. The van der Waals surface area contributed by atoms with E-state index >= 15 is 0 Å². The van der Waals surface area contributed by atoms with Crippen molar-refractivity contribution in [3.05, 3.63) is 35.5 Å². The molecule has 6 aliphatic rings. The summed E-state index contributed by atoms with van der Waals surface area (Å²) in [5.41, 5.74) is 10.9. The molecule has 0 aromatic carbocycles. The Morgan fingerprint density at radius 1 is 0.951 bits per heavy atom. The second-order valence-electron chi connectivity index (χ2n) is 17.1. The molecule has 0 aromatic rings. The van der Waals surface area contributed by atoms with Crippen LogP contribution in [-0.2, 0) is 4.79 Å². The van der Waals surface area contributed by atoms with Crippen LogP contribution in [0.1, 0.15) is 119 Å². The Labute approximate surface area is 248 Å². The van der Waals surface area contributed by atoms with Crippen LogP contribution >= 0.6 is 0 Å². The Morgan fingerprint density at radius 3 is 2.29 bits per heavy atom. The van der Waals surface area contributed by atoms with Gasteiger partial charge in [-0.2, -0.15) is 0 Å². The maximum Gasteiger partial charge on any atom is 0.312 e. The van der Waals surface area contributed by atoms with Gasteiger partial charge in [0.25, 0.3) is 0 Å². The molecule has 0 unspecified atom stereocenters. The molecule has 0 radical (unpaired) electrons. The number of allylic oxidation sites excluding steroid dienone is 5. The van der Waals surface area contributed by atoms with Gasteiger partial charge >= 0.3 is 5.97 Å². The highest BCUT2D eigenvalue weighted by Gasteiger charge is 2.70. The molecule has 10 atom stereocenters. The van der Waals surface area contributed by atoms with Gasteiger partial charge in [0.05, 0.1) is 5.41 Å². The predicted molar refractivity (Wildman–Crippen MR) is 165 cm³/mol. The van der Waals surface area contributed by atoms with Crippen molar-refractivity contribution in [2.24, 2.45) is 62.4 Å². The Balaban J connectivity index is 1.32. The van der Waals surface area contributed by atoms with Gasteiger partial charge in [-0.05, 0) is 146 Å². The van der Waals surface area contributed by atoms with Crippen molar-refractivity contribution in [3.63, 3.8) is 0 Å². The van der Waals surface area contributed by atoms with Gasteiger partial charge in [0.2, 0.25) is 0 Å². The standard InChI is InChI=1S/C37H56FNO2/c1-23(2)25-12-19-37(39)21-20-34(6)27(30(25)37)8-9-29-33(5)15-13-26(32(3,4)28(33)14-16-35(29,34)7)24-10-17-36(22-38,18-11-24)31(40)41/h10,13,25,27-30H,1,8-9,11-12,14-22,39H2,2-7H3,(H,40,41)/t25-,27+,28-,29+,30+,33-,34+,35+,36+,37-/m0/s1. The van der Waals surface area contributed by atoms with Gasteiger partial charge < -0.3 is 10.8 Å². The first-order chi connectivity index (χ1) is 19.1. The Kier molecular flexibility index (Phi) is 6.72. The van der Waals surface area contributed by atoms with Crippen molar-refractivity contribution in [2.45, 2.75) is 124 Å². The monoisotopic (exact) mass is 565 g/mol. The summed E-state index contributed by atoms with van der Waals surface area (Å²) in [7, 11) is 0. The highest BCUT2D eigenvalue weighted by Crippen LogP contribution is 2.76. The van der Waals surface area contributed by atoms with E-state index in [2.05, 4.69) is 60.3 Å². The van der Waals surface area contributed by atoms with Gasteiger partial charge in [-0.3, -0.25) is 4.79 Å². The number of carboxylic acids is 1. The van der Waals surface area contributed by atoms with Crippen LogP contribution in [0, 0.1) is 56.7 Å². The van der Waals surface area contributed by atoms with Crippen molar-refractivity contribution in [3.8, 4) is 0 Å². The maximum absolute atomic E-state index is 13.8. The van der Waals surface area contributed by atoms with Gasteiger partial charge in [-0.25, -0.2) is 4.39 Å². The number of carboxylic acid groups (broad SMARTS) is 1. The number of nitrogens with two attached hydrogens (primary N) is 1. The van der Waals surface area contributed by atoms with E-state index in [1.54, 1.807) is 0 Å². The largest absolute Gasteiger partial charge is 0.481 e. The summed E-state index contributed by atoms with van der Waals surface area (Å²) in [6.45, 7) is 18.8. The van der Waals surface area contributed by atoms with E-state index in [0.717, 1.165) is 19.3 Å². The fourth-order valence-electron chi connectivity index (χ4n) is 12.9. The maximum atomic E-state index is 13.8. The summed E-state index contributed by atoms with van der Waals surface area (Å²) < 4.78 is 13.8. The molecule has 0 heterocycles. The smallest absolute Gasteiger partial charge is 0.312 e. The Hall–Kier alpha value is -1.42. The second kappa shape index (κ2) is 9.29. The van der Waals surface area contributed by atoms with Gasteiger partial charge in [-0.15, -0.1) is 0 Å². The van der Waals surface area contributed by atoms with Gasteiger partial charge in [0.1, 0.15) is 6.67 Å². The number of hydrogen-bond acceptors (Lipinski definition) is 2. The molecule has 3 N–H and O–H groups in total. The molecule has 4 heteroatoms. The summed E-state index contributed by atoms with van der Waals surface area (Å²) >= 11 is 0. The Bertz CT molecular complexity index is 1200. The molecule has 6 aliphatic carbocycles. The van der Waals surface area contributed by atoms with Crippen molar-refractivity contribution >= 4 is 5.97 Å². The first-order valence-electron chi connectivity index (χ1n) is 16.7. The normalized spacial score (nSPS) is 50.4. The quantitative estimate of drug-likeness (QED) is 0.334. The molecule has 0 aliphatic heterocycles. The summed E-state index contributed by atoms with van der Waals surface area (Å²) in [6.07, 6.45) is 17.0. The molecular formula is C37H56FNO2. The van der Waals surface area contributed by atoms with Crippen molar-refractivity contribution in [2.75, 3.05) is 6.67 Å². The van der Waals surface area contributed by atoms with E-state index in [1.165, 1.54) is 55.2 Å². The molecular weight excluding hydrogens is 509 g/mol. The van der Waals surface area contributed by atoms with Crippen LogP contribution in [0.15, 0.2) is 35.5 Å². The molecule has 228 valence electrons. The number of fused-ring (bicyclic) bond motifs is 7. The predicted octanol–water partition coefficient (Wildman–Crippen LogP) is 9.04. The van der Waals surface area contributed by atoms with Crippen LogP contribution in [-0.4, -0.2) is 23.3 Å². The number of carbonyl (C=O) groups is 1. The fraction of sp³-hybridized carbons (Fsp3) is 0.811. The number of aliphatic carboxylic acids is 1. The lowest BCUT2D eigenvalue weighted by Gasteiger charge is -2.72. The summed E-state index contributed by atoms with van der Waals surface area (Å²) in [5.74, 6) is 2.14.